The standard InChI is InChI=1S/C8H4N2O2S2/c11-7-9-3-1-5-4(2-6(3)14-7)10-8(12)13-5/h1-2H,(H,9,11)(H,10,12). The van der Waals surface area contributed by atoms with Gasteiger partial charge in [0.25, 0.3) is 0 Å². The summed E-state index contributed by atoms with van der Waals surface area (Å²) in [4.78, 5) is 27.4. The van der Waals surface area contributed by atoms with E-state index in [-0.39, 0.29) is 9.75 Å². The van der Waals surface area contributed by atoms with E-state index >= 15 is 0 Å². The van der Waals surface area contributed by atoms with Crippen LogP contribution in [0.15, 0.2) is 21.7 Å². The Hall–Kier alpha value is -1.40. The highest BCUT2D eigenvalue weighted by molar-refractivity contribution is 7.18. The molecule has 0 radical (unpaired) electrons. The summed E-state index contributed by atoms with van der Waals surface area (Å²) in [5, 5.41) is 0. The molecule has 0 aliphatic carbocycles. The Balaban J connectivity index is 2.61. The molecule has 2 N–H and O–H groups in total. The van der Waals surface area contributed by atoms with E-state index in [4.69, 9.17) is 0 Å². The zero-order valence-corrected chi connectivity index (χ0v) is 8.42. The van der Waals surface area contributed by atoms with Crippen LogP contribution in [-0.2, 0) is 0 Å². The maximum Gasteiger partial charge on any atom is 0.305 e. The van der Waals surface area contributed by atoms with E-state index in [9.17, 15) is 9.59 Å². The first-order valence-electron chi connectivity index (χ1n) is 3.88. The quantitative estimate of drug-likeness (QED) is 0.607. The van der Waals surface area contributed by atoms with Crippen molar-refractivity contribution >= 4 is 43.1 Å². The Kier molecular flexibility index (Phi) is 1.45. The molecule has 0 aliphatic heterocycles. The lowest BCUT2D eigenvalue weighted by molar-refractivity contribution is 1.40. The largest absolute Gasteiger partial charge is 0.312 e. The van der Waals surface area contributed by atoms with E-state index in [1.165, 1.54) is 0 Å². The fraction of sp³-hybridized carbons (Fsp3) is 0. The summed E-state index contributed by atoms with van der Waals surface area (Å²) in [7, 11) is 0. The number of thiazole rings is 2. The van der Waals surface area contributed by atoms with Gasteiger partial charge in [-0.2, -0.15) is 0 Å². The molecule has 0 unspecified atom stereocenters. The Morgan fingerprint density at radius 2 is 1.29 bits per heavy atom. The molecule has 2 aromatic heterocycles. The van der Waals surface area contributed by atoms with Crippen molar-refractivity contribution in [1.82, 2.24) is 9.97 Å². The molecule has 1 aromatic carbocycles. The molecule has 0 saturated heterocycles. The van der Waals surface area contributed by atoms with Gasteiger partial charge >= 0.3 is 9.75 Å². The van der Waals surface area contributed by atoms with Gasteiger partial charge in [-0.05, 0) is 12.1 Å². The van der Waals surface area contributed by atoms with Crippen LogP contribution in [0.2, 0.25) is 0 Å². The number of fused-ring (bicyclic) bond motifs is 2. The van der Waals surface area contributed by atoms with Crippen molar-refractivity contribution in [3.8, 4) is 0 Å². The second kappa shape index (κ2) is 2.55. The van der Waals surface area contributed by atoms with Crippen LogP contribution in [0.1, 0.15) is 0 Å². The highest BCUT2D eigenvalue weighted by atomic mass is 32.1. The van der Waals surface area contributed by atoms with Gasteiger partial charge in [0, 0.05) is 0 Å². The van der Waals surface area contributed by atoms with Crippen molar-refractivity contribution in [2.24, 2.45) is 0 Å². The fourth-order valence-corrected chi connectivity index (χ4v) is 2.91. The summed E-state index contributed by atoms with van der Waals surface area (Å²) in [5.74, 6) is 0. The van der Waals surface area contributed by atoms with Crippen molar-refractivity contribution in [2.45, 2.75) is 0 Å². The third-order valence-corrected chi connectivity index (χ3v) is 3.65. The van der Waals surface area contributed by atoms with Gasteiger partial charge in [0.05, 0.1) is 20.4 Å². The second-order valence-electron chi connectivity index (χ2n) is 2.87. The van der Waals surface area contributed by atoms with Gasteiger partial charge in [-0.15, -0.1) is 0 Å². The molecule has 0 saturated carbocycles. The molecule has 0 spiro atoms. The maximum atomic E-state index is 11.1. The van der Waals surface area contributed by atoms with Gasteiger partial charge in [0.1, 0.15) is 0 Å². The summed E-state index contributed by atoms with van der Waals surface area (Å²) in [5.41, 5.74) is 1.59. The molecule has 0 bridgehead atoms. The smallest absolute Gasteiger partial charge is 0.305 e. The minimum atomic E-state index is -0.0694. The average Bonchev–Trinajstić information content (AvgIpc) is 2.59. The molecular formula is C8H4N2O2S2. The predicted molar refractivity (Wildman–Crippen MR) is 58.4 cm³/mol. The van der Waals surface area contributed by atoms with Gasteiger partial charge in [0.2, 0.25) is 0 Å². The third kappa shape index (κ3) is 1.04. The lowest BCUT2D eigenvalue weighted by Crippen LogP contribution is -1.89. The Morgan fingerprint density at radius 3 is 1.71 bits per heavy atom. The molecule has 4 nitrogen and oxygen atoms in total. The van der Waals surface area contributed by atoms with Crippen LogP contribution >= 0.6 is 22.7 Å². The first-order chi connectivity index (χ1) is 6.72. The number of rotatable bonds is 0. The number of aromatic nitrogens is 2. The van der Waals surface area contributed by atoms with Crippen LogP contribution in [0.5, 0.6) is 0 Å². The minimum absolute atomic E-state index is 0.0694. The summed E-state index contributed by atoms with van der Waals surface area (Å²) >= 11 is 2.30. The zero-order chi connectivity index (χ0) is 9.71. The van der Waals surface area contributed by atoms with E-state index in [0.29, 0.717) is 0 Å². The maximum absolute atomic E-state index is 11.1. The van der Waals surface area contributed by atoms with Gasteiger partial charge < -0.3 is 9.97 Å². The number of hydrogen-bond acceptors (Lipinski definition) is 4. The van der Waals surface area contributed by atoms with Crippen molar-refractivity contribution in [3.05, 3.63) is 31.5 Å². The van der Waals surface area contributed by atoms with Crippen LogP contribution in [-0.4, -0.2) is 9.97 Å². The Morgan fingerprint density at radius 1 is 0.857 bits per heavy atom. The van der Waals surface area contributed by atoms with Crippen LogP contribution in [0.25, 0.3) is 20.4 Å². The lowest BCUT2D eigenvalue weighted by Gasteiger charge is -1.87. The Labute approximate surface area is 84.8 Å². The van der Waals surface area contributed by atoms with E-state index in [1.807, 2.05) is 12.1 Å². The fourth-order valence-electron chi connectivity index (χ4n) is 1.39. The molecule has 70 valence electrons. The molecular weight excluding hydrogens is 220 g/mol. The van der Waals surface area contributed by atoms with Crippen LogP contribution in [0.3, 0.4) is 0 Å². The molecule has 0 amide bonds. The van der Waals surface area contributed by atoms with Gasteiger partial charge in [-0.25, -0.2) is 0 Å². The van der Waals surface area contributed by atoms with E-state index in [2.05, 4.69) is 9.97 Å². The first-order valence-corrected chi connectivity index (χ1v) is 5.51. The van der Waals surface area contributed by atoms with Crippen LogP contribution < -0.4 is 9.75 Å². The molecule has 0 aliphatic rings. The second-order valence-corrected chi connectivity index (χ2v) is 4.90. The molecule has 0 fully saturated rings. The molecule has 14 heavy (non-hydrogen) atoms. The molecule has 3 aromatic rings. The highest BCUT2D eigenvalue weighted by Crippen LogP contribution is 2.22. The van der Waals surface area contributed by atoms with Crippen LogP contribution in [0, 0.1) is 0 Å². The Bertz CT molecular complexity index is 614. The average molecular weight is 224 g/mol. The summed E-state index contributed by atoms with van der Waals surface area (Å²) in [6, 6.07) is 3.65. The van der Waals surface area contributed by atoms with E-state index in [1.54, 1.807) is 0 Å². The van der Waals surface area contributed by atoms with Gasteiger partial charge in [-0.3, -0.25) is 9.59 Å². The predicted octanol–water partition coefficient (Wildman–Crippen LogP) is 1.49. The summed E-state index contributed by atoms with van der Waals surface area (Å²) < 4.78 is 1.74. The summed E-state index contributed by atoms with van der Waals surface area (Å²) in [6.07, 6.45) is 0. The molecule has 2 heterocycles. The van der Waals surface area contributed by atoms with E-state index < -0.39 is 0 Å². The van der Waals surface area contributed by atoms with Gasteiger partial charge in [-0.1, -0.05) is 22.7 Å². The van der Waals surface area contributed by atoms with Crippen molar-refractivity contribution in [1.29, 1.82) is 0 Å². The zero-order valence-electron chi connectivity index (χ0n) is 6.79. The topological polar surface area (TPSA) is 65.7 Å². The third-order valence-electron chi connectivity index (χ3n) is 1.96. The molecule has 6 heteroatoms. The van der Waals surface area contributed by atoms with Crippen molar-refractivity contribution in [3.63, 3.8) is 0 Å². The van der Waals surface area contributed by atoms with Crippen molar-refractivity contribution in [2.75, 3.05) is 0 Å². The number of benzene rings is 1. The van der Waals surface area contributed by atoms with Gasteiger partial charge in [0.15, 0.2) is 0 Å². The lowest BCUT2D eigenvalue weighted by atomic mass is 10.3. The number of hydrogen-bond donors (Lipinski definition) is 2. The minimum Gasteiger partial charge on any atom is -0.312 e. The molecule has 0 atom stereocenters. The number of aromatic amines is 2. The highest BCUT2D eigenvalue weighted by Gasteiger charge is 2.04. The van der Waals surface area contributed by atoms with Crippen molar-refractivity contribution < 1.29 is 0 Å². The molecule has 3 rings (SSSR count). The number of nitrogens with one attached hydrogen (secondary N) is 2. The summed E-state index contributed by atoms with van der Waals surface area (Å²) in [6.45, 7) is 0. The first kappa shape index (κ1) is 7.95. The van der Waals surface area contributed by atoms with Crippen LogP contribution in [0.4, 0.5) is 0 Å². The normalized spacial score (nSPS) is 11.4. The number of H-pyrrole nitrogens is 2. The monoisotopic (exact) mass is 224 g/mol. The SMILES string of the molecule is O=c1[nH]c2cc3sc(=O)[nH]c3cc2s1. The van der Waals surface area contributed by atoms with E-state index in [0.717, 1.165) is 43.1 Å².